The lowest BCUT2D eigenvalue weighted by molar-refractivity contribution is -0.141. The smallest absolute Gasteiger partial charge is 0.247 e. The fourth-order valence-corrected chi connectivity index (χ4v) is 2.90. The second-order valence-electron chi connectivity index (χ2n) is 5.32. The molecule has 2 aliphatic rings. The van der Waals surface area contributed by atoms with Crippen LogP contribution >= 0.6 is 0 Å². The van der Waals surface area contributed by atoms with Gasteiger partial charge in [0.15, 0.2) is 0 Å². The van der Waals surface area contributed by atoms with E-state index in [4.69, 9.17) is 5.73 Å². The van der Waals surface area contributed by atoms with Crippen LogP contribution in [-0.2, 0) is 14.4 Å². The van der Waals surface area contributed by atoms with Gasteiger partial charge in [0.1, 0.15) is 0 Å². The van der Waals surface area contributed by atoms with E-state index in [2.05, 4.69) is 5.32 Å². The minimum atomic E-state index is -0.416. The van der Waals surface area contributed by atoms with E-state index < -0.39 is 6.04 Å². The molecule has 3 N–H and O–H groups in total. The fourth-order valence-electron chi connectivity index (χ4n) is 2.90. The predicted octanol–water partition coefficient (Wildman–Crippen LogP) is -0.0884. The van der Waals surface area contributed by atoms with E-state index in [9.17, 15) is 14.4 Å². The molecule has 1 atom stereocenters. The molecule has 0 bridgehead atoms. The largest absolute Gasteiger partial charge is 0.370 e. The molecular formula is C13H21N3O3. The van der Waals surface area contributed by atoms with Crippen LogP contribution in [0.2, 0.25) is 0 Å². The second kappa shape index (κ2) is 6.14. The molecule has 1 saturated carbocycles. The van der Waals surface area contributed by atoms with Crippen molar-refractivity contribution in [3.63, 3.8) is 0 Å². The Labute approximate surface area is 112 Å². The number of carbonyl (C=O) groups is 3. The maximum absolute atomic E-state index is 12.2. The third kappa shape index (κ3) is 3.32. The van der Waals surface area contributed by atoms with Gasteiger partial charge in [-0.25, -0.2) is 0 Å². The first-order chi connectivity index (χ1) is 9.09. The number of carbonyl (C=O) groups excluding carboxylic acids is 3. The van der Waals surface area contributed by atoms with Gasteiger partial charge in [0.05, 0.1) is 12.5 Å². The van der Waals surface area contributed by atoms with Crippen LogP contribution in [0, 0.1) is 0 Å². The average molecular weight is 267 g/mol. The first kappa shape index (κ1) is 14.0. The molecule has 106 valence electrons. The highest BCUT2D eigenvalue weighted by atomic mass is 16.2. The van der Waals surface area contributed by atoms with E-state index in [1.54, 1.807) is 0 Å². The molecular weight excluding hydrogens is 246 g/mol. The topological polar surface area (TPSA) is 92.5 Å². The molecule has 0 aromatic carbocycles. The Morgan fingerprint density at radius 3 is 2.63 bits per heavy atom. The van der Waals surface area contributed by atoms with Crippen LogP contribution in [0.25, 0.3) is 0 Å². The van der Waals surface area contributed by atoms with Gasteiger partial charge < -0.3 is 11.1 Å². The van der Waals surface area contributed by atoms with Crippen molar-refractivity contribution >= 4 is 17.7 Å². The zero-order valence-electron chi connectivity index (χ0n) is 11.1. The zero-order valence-corrected chi connectivity index (χ0v) is 11.1. The van der Waals surface area contributed by atoms with Crippen molar-refractivity contribution in [2.75, 3.05) is 6.54 Å². The van der Waals surface area contributed by atoms with Crippen molar-refractivity contribution in [1.29, 1.82) is 0 Å². The van der Waals surface area contributed by atoms with Gasteiger partial charge in [0.2, 0.25) is 17.7 Å². The number of hydrogen-bond donors (Lipinski definition) is 2. The monoisotopic (exact) mass is 267 g/mol. The van der Waals surface area contributed by atoms with Crippen molar-refractivity contribution in [3.8, 4) is 0 Å². The lowest BCUT2D eigenvalue weighted by atomic mass is 10.2. The number of nitrogens with one attached hydrogen (secondary N) is 1. The molecule has 1 saturated heterocycles. The summed E-state index contributed by atoms with van der Waals surface area (Å²) in [7, 11) is 0. The summed E-state index contributed by atoms with van der Waals surface area (Å²) >= 11 is 0. The Hall–Kier alpha value is -1.43. The molecule has 2 fully saturated rings. The molecule has 3 amide bonds. The summed E-state index contributed by atoms with van der Waals surface area (Å²) in [6, 6.07) is -0.307. The van der Waals surface area contributed by atoms with Gasteiger partial charge in [-0.3, -0.25) is 19.3 Å². The first-order valence-corrected chi connectivity index (χ1v) is 6.97. The van der Waals surface area contributed by atoms with Crippen LogP contribution in [0.4, 0.5) is 0 Å². The van der Waals surface area contributed by atoms with E-state index in [0.717, 1.165) is 25.7 Å². The number of nitrogens with zero attached hydrogens (tertiary/aromatic N) is 1. The highest BCUT2D eigenvalue weighted by molar-refractivity contribution is 6.05. The van der Waals surface area contributed by atoms with Gasteiger partial charge in [0, 0.05) is 12.5 Å². The molecule has 19 heavy (non-hydrogen) atoms. The number of imide groups is 1. The highest BCUT2D eigenvalue weighted by Crippen LogP contribution is 2.28. The first-order valence-electron chi connectivity index (χ1n) is 6.97. The lowest BCUT2D eigenvalue weighted by Gasteiger charge is -2.22. The van der Waals surface area contributed by atoms with Crippen LogP contribution < -0.4 is 11.1 Å². The zero-order chi connectivity index (χ0) is 13.8. The Morgan fingerprint density at radius 2 is 2.00 bits per heavy atom. The quantitative estimate of drug-likeness (QED) is 0.519. The van der Waals surface area contributed by atoms with Crippen LogP contribution in [0.3, 0.4) is 0 Å². The van der Waals surface area contributed by atoms with E-state index in [1.165, 1.54) is 4.90 Å². The number of primary amides is 1. The SMILES string of the molecule is NC(=O)CCCNC1CC(=O)N(C2CCCC2)C1=O. The van der Waals surface area contributed by atoms with Gasteiger partial charge in [-0.1, -0.05) is 12.8 Å². The van der Waals surface area contributed by atoms with Crippen LogP contribution in [0.15, 0.2) is 0 Å². The van der Waals surface area contributed by atoms with E-state index in [1.807, 2.05) is 0 Å². The molecule has 6 nitrogen and oxygen atoms in total. The summed E-state index contributed by atoms with van der Waals surface area (Å²) in [5, 5.41) is 3.05. The number of amides is 3. The van der Waals surface area contributed by atoms with Crippen molar-refractivity contribution in [1.82, 2.24) is 10.2 Å². The molecule has 0 aromatic rings. The van der Waals surface area contributed by atoms with Crippen LogP contribution in [0.1, 0.15) is 44.9 Å². The van der Waals surface area contributed by atoms with Crippen molar-refractivity contribution in [2.24, 2.45) is 5.73 Å². The predicted molar refractivity (Wildman–Crippen MR) is 68.9 cm³/mol. The normalized spacial score (nSPS) is 24.4. The summed E-state index contributed by atoms with van der Waals surface area (Å²) in [4.78, 5) is 36.2. The summed E-state index contributed by atoms with van der Waals surface area (Å²) in [5.74, 6) is -0.511. The molecule has 2 rings (SSSR count). The Bertz CT molecular complexity index is 377. The van der Waals surface area contributed by atoms with E-state index in [-0.39, 0.29) is 30.2 Å². The third-order valence-electron chi connectivity index (χ3n) is 3.86. The Balaban J connectivity index is 1.82. The minimum Gasteiger partial charge on any atom is -0.370 e. The molecule has 0 spiro atoms. The lowest BCUT2D eigenvalue weighted by Crippen LogP contribution is -2.43. The number of nitrogens with two attached hydrogens (primary N) is 1. The molecule has 1 aliphatic heterocycles. The van der Waals surface area contributed by atoms with Crippen molar-refractivity contribution in [2.45, 2.75) is 57.0 Å². The number of likely N-dealkylation sites (tertiary alicyclic amines) is 1. The van der Waals surface area contributed by atoms with E-state index >= 15 is 0 Å². The maximum Gasteiger partial charge on any atom is 0.247 e. The van der Waals surface area contributed by atoms with Crippen LogP contribution in [0.5, 0.6) is 0 Å². The van der Waals surface area contributed by atoms with Crippen molar-refractivity contribution in [3.05, 3.63) is 0 Å². The Morgan fingerprint density at radius 1 is 1.32 bits per heavy atom. The Kier molecular flexibility index (Phi) is 4.52. The van der Waals surface area contributed by atoms with Gasteiger partial charge in [-0.05, 0) is 25.8 Å². The van der Waals surface area contributed by atoms with Crippen molar-refractivity contribution < 1.29 is 14.4 Å². The minimum absolute atomic E-state index is 0.0655. The molecule has 0 aromatic heterocycles. The highest BCUT2D eigenvalue weighted by Gasteiger charge is 2.42. The van der Waals surface area contributed by atoms with Gasteiger partial charge in [-0.2, -0.15) is 0 Å². The second-order valence-corrected chi connectivity index (χ2v) is 5.32. The molecule has 0 radical (unpaired) electrons. The standard InChI is InChI=1S/C13H21N3O3/c14-11(17)6-3-7-15-10-8-12(18)16(13(10)19)9-4-1-2-5-9/h9-10,15H,1-8H2,(H2,14,17). The van der Waals surface area contributed by atoms with Gasteiger partial charge in [0.25, 0.3) is 0 Å². The summed E-state index contributed by atoms with van der Waals surface area (Å²) in [6.45, 7) is 0.533. The van der Waals surface area contributed by atoms with Gasteiger partial charge >= 0.3 is 0 Å². The summed E-state index contributed by atoms with van der Waals surface area (Å²) in [5.41, 5.74) is 5.04. The van der Waals surface area contributed by atoms with Crippen LogP contribution in [-0.4, -0.2) is 41.2 Å². The maximum atomic E-state index is 12.2. The molecule has 1 heterocycles. The van der Waals surface area contributed by atoms with Gasteiger partial charge in [-0.15, -0.1) is 0 Å². The third-order valence-corrected chi connectivity index (χ3v) is 3.86. The summed E-state index contributed by atoms with van der Waals surface area (Å²) < 4.78 is 0. The van der Waals surface area contributed by atoms with E-state index in [0.29, 0.717) is 19.4 Å². The molecule has 1 unspecified atom stereocenters. The number of rotatable bonds is 6. The summed E-state index contributed by atoms with van der Waals surface area (Å²) in [6.07, 6.45) is 5.20. The molecule has 1 aliphatic carbocycles. The molecule has 6 heteroatoms. The average Bonchev–Trinajstić information content (AvgIpc) is 2.94. The fraction of sp³-hybridized carbons (Fsp3) is 0.769. The number of hydrogen-bond acceptors (Lipinski definition) is 4.